The number of hydrogen-bond acceptors (Lipinski definition) is 1. The molecule has 76 valence electrons. The largest absolute Gasteiger partial charge is 0.299 e. The monoisotopic (exact) mass is 182 g/mol. The Morgan fingerprint density at radius 3 is 2.46 bits per heavy atom. The van der Waals surface area contributed by atoms with Gasteiger partial charge in [0.05, 0.1) is 0 Å². The number of unbranched alkanes of at least 4 members (excludes halogenated alkanes) is 4. The van der Waals surface area contributed by atoms with Crippen molar-refractivity contribution in [1.82, 2.24) is 0 Å². The Morgan fingerprint density at radius 2 is 1.85 bits per heavy atom. The highest BCUT2D eigenvalue weighted by Gasteiger charge is 1.97. The number of hydrogen-bond donors (Lipinski definition) is 0. The minimum atomic E-state index is 0.384. The Kier molecular flexibility index (Phi) is 9.07. The molecule has 1 heteroatoms. The highest BCUT2D eigenvalue weighted by molar-refractivity contribution is 5.79. The van der Waals surface area contributed by atoms with Crippen LogP contribution in [0.3, 0.4) is 0 Å². The van der Waals surface area contributed by atoms with Crippen LogP contribution in [0.25, 0.3) is 0 Å². The molecule has 0 spiro atoms. The lowest BCUT2D eigenvalue weighted by Crippen LogP contribution is -1.94. The van der Waals surface area contributed by atoms with Crippen molar-refractivity contribution in [2.75, 3.05) is 0 Å². The molecule has 0 bridgehead atoms. The molecule has 0 saturated carbocycles. The summed E-state index contributed by atoms with van der Waals surface area (Å²) in [4.78, 5) is 11.2. The molecule has 0 heterocycles. The van der Waals surface area contributed by atoms with Gasteiger partial charge in [-0.05, 0) is 13.3 Å². The molecule has 0 radical (unpaired) electrons. The molecule has 0 aromatic rings. The maximum absolute atomic E-state index is 11.2. The number of rotatable bonds is 8. The van der Waals surface area contributed by atoms with E-state index in [2.05, 4.69) is 6.92 Å². The van der Waals surface area contributed by atoms with E-state index in [-0.39, 0.29) is 0 Å². The summed E-state index contributed by atoms with van der Waals surface area (Å²) in [5.41, 5.74) is 0. The van der Waals surface area contributed by atoms with Crippen LogP contribution < -0.4 is 0 Å². The van der Waals surface area contributed by atoms with Gasteiger partial charge in [-0.3, -0.25) is 4.79 Å². The highest BCUT2D eigenvalue weighted by atomic mass is 16.1. The molecule has 0 atom stereocenters. The molecule has 0 N–H and O–H groups in total. The predicted molar refractivity (Wildman–Crippen MR) is 57.8 cm³/mol. The van der Waals surface area contributed by atoms with E-state index < -0.39 is 0 Å². The predicted octanol–water partition coefficient (Wildman–Crippen LogP) is 3.88. The number of allylic oxidation sites excluding steroid dienone is 2. The summed E-state index contributed by atoms with van der Waals surface area (Å²) in [7, 11) is 0. The van der Waals surface area contributed by atoms with Gasteiger partial charge in [-0.25, -0.2) is 0 Å². The van der Waals surface area contributed by atoms with Crippen molar-refractivity contribution in [3.05, 3.63) is 12.2 Å². The standard InChI is InChI=1S/C12H22O/c1-3-5-7-8-9-11-12(13)10-6-4-2/h4,6H,3,5,7-11H2,1-2H3. The molecule has 0 unspecified atom stereocenters. The lowest BCUT2D eigenvalue weighted by molar-refractivity contribution is -0.118. The smallest absolute Gasteiger partial charge is 0.136 e. The third kappa shape index (κ3) is 9.32. The van der Waals surface area contributed by atoms with Crippen LogP contribution in [-0.4, -0.2) is 5.78 Å². The van der Waals surface area contributed by atoms with E-state index in [1.807, 2.05) is 19.1 Å². The number of carbonyl (C=O) groups excluding carboxylic acids is 1. The Balaban J connectivity index is 3.17. The van der Waals surface area contributed by atoms with Crippen molar-refractivity contribution in [3.8, 4) is 0 Å². The van der Waals surface area contributed by atoms with Gasteiger partial charge >= 0.3 is 0 Å². The van der Waals surface area contributed by atoms with E-state index in [4.69, 9.17) is 0 Å². The first-order valence-corrected chi connectivity index (χ1v) is 5.44. The summed E-state index contributed by atoms with van der Waals surface area (Å²) in [6.45, 7) is 4.16. The molecule has 0 aliphatic heterocycles. The summed E-state index contributed by atoms with van der Waals surface area (Å²) < 4.78 is 0. The van der Waals surface area contributed by atoms with Crippen molar-refractivity contribution in [3.63, 3.8) is 0 Å². The first-order valence-electron chi connectivity index (χ1n) is 5.44. The second-order valence-corrected chi connectivity index (χ2v) is 3.48. The van der Waals surface area contributed by atoms with Crippen LogP contribution in [0.15, 0.2) is 12.2 Å². The van der Waals surface area contributed by atoms with Gasteiger partial charge in [0.25, 0.3) is 0 Å². The second-order valence-electron chi connectivity index (χ2n) is 3.48. The van der Waals surface area contributed by atoms with E-state index in [1.165, 1.54) is 25.7 Å². The van der Waals surface area contributed by atoms with Crippen LogP contribution in [0, 0.1) is 0 Å². The third-order valence-corrected chi connectivity index (χ3v) is 2.14. The van der Waals surface area contributed by atoms with Crippen molar-refractivity contribution in [1.29, 1.82) is 0 Å². The summed E-state index contributed by atoms with van der Waals surface area (Å²) in [5.74, 6) is 0.384. The van der Waals surface area contributed by atoms with Crippen LogP contribution in [-0.2, 0) is 4.79 Å². The fourth-order valence-electron chi connectivity index (χ4n) is 1.28. The maximum atomic E-state index is 11.2. The summed E-state index contributed by atoms with van der Waals surface area (Å²) in [6, 6.07) is 0. The lowest BCUT2D eigenvalue weighted by atomic mass is 10.1. The molecule has 0 saturated heterocycles. The summed E-state index contributed by atoms with van der Waals surface area (Å²) in [6.07, 6.45) is 11.4. The maximum Gasteiger partial charge on any atom is 0.136 e. The quantitative estimate of drug-likeness (QED) is 0.411. The molecule has 0 amide bonds. The van der Waals surface area contributed by atoms with Gasteiger partial charge in [0.1, 0.15) is 5.78 Å². The molecule has 0 aliphatic carbocycles. The van der Waals surface area contributed by atoms with Crippen molar-refractivity contribution >= 4 is 5.78 Å². The van der Waals surface area contributed by atoms with Crippen molar-refractivity contribution in [2.45, 2.75) is 58.8 Å². The van der Waals surface area contributed by atoms with Crippen LogP contribution in [0.1, 0.15) is 58.8 Å². The van der Waals surface area contributed by atoms with Gasteiger partial charge < -0.3 is 0 Å². The van der Waals surface area contributed by atoms with Crippen LogP contribution in [0.5, 0.6) is 0 Å². The zero-order valence-corrected chi connectivity index (χ0v) is 9.01. The summed E-state index contributed by atoms with van der Waals surface area (Å²) >= 11 is 0. The van der Waals surface area contributed by atoms with Gasteiger partial charge in [-0.1, -0.05) is 44.8 Å². The lowest BCUT2D eigenvalue weighted by Gasteiger charge is -1.98. The topological polar surface area (TPSA) is 17.1 Å². The minimum absolute atomic E-state index is 0.384. The Labute approximate surface area is 82.2 Å². The first-order chi connectivity index (χ1) is 6.31. The second kappa shape index (κ2) is 9.50. The van der Waals surface area contributed by atoms with Gasteiger partial charge in [0.2, 0.25) is 0 Å². The number of ketones is 1. The van der Waals surface area contributed by atoms with Gasteiger partial charge in [-0.2, -0.15) is 0 Å². The molecule has 1 nitrogen and oxygen atoms in total. The summed E-state index contributed by atoms with van der Waals surface area (Å²) in [5, 5.41) is 0. The highest BCUT2D eigenvalue weighted by Crippen LogP contribution is 2.06. The average Bonchev–Trinajstić information content (AvgIpc) is 2.14. The molecule has 0 rings (SSSR count). The Morgan fingerprint density at radius 1 is 1.15 bits per heavy atom. The minimum Gasteiger partial charge on any atom is -0.299 e. The molecular formula is C12H22O. The Bertz CT molecular complexity index is 147. The van der Waals surface area contributed by atoms with Crippen LogP contribution in [0.4, 0.5) is 0 Å². The van der Waals surface area contributed by atoms with Crippen LogP contribution >= 0.6 is 0 Å². The van der Waals surface area contributed by atoms with Crippen molar-refractivity contribution < 1.29 is 4.79 Å². The molecule has 0 aliphatic rings. The number of carbonyl (C=O) groups is 1. The molecule has 13 heavy (non-hydrogen) atoms. The zero-order valence-electron chi connectivity index (χ0n) is 9.01. The van der Waals surface area contributed by atoms with Gasteiger partial charge in [0, 0.05) is 12.8 Å². The molecule has 0 fully saturated rings. The van der Waals surface area contributed by atoms with Crippen LogP contribution in [0.2, 0.25) is 0 Å². The first kappa shape index (κ1) is 12.4. The zero-order chi connectivity index (χ0) is 9.94. The fraction of sp³-hybridized carbons (Fsp3) is 0.750. The fourth-order valence-corrected chi connectivity index (χ4v) is 1.28. The average molecular weight is 182 g/mol. The van der Waals surface area contributed by atoms with E-state index in [0.29, 0.717) is 12.2 Å². The molecule has 0 aromatic carbocycles. The SMILES string of the molecule is CC=CCC(=O)CCCCCCC. The Hall–Kier alpha value is -0.590. The van der Waals surface area contributed by atoms with E-state index in [0.717, 1.165) is 12.8 Å². The van der Waals surface area contributed by atoms with E-state index in [1.54, 1.807) is 0 Å². The van der Waals surface area contributed by atoms with Gasteiger partial charge in [0.15, 0.2) is 0 Å². The van der Waals surface area contributed by atoms with E-state index in [9.17, 15) is 4.79 Å². The van der Waals surface area contributed by atoms with Crippen molar-refractivity contribution in [2.24, 2.45) is 0 Å². The van der Waals surface area contributed by atoms with Gasteiger partial charge in [-0.15, -0.1) is 0 Å². The molecular weight excluding hydrogens is 160 g/mol. The number of Topliss-reactive ketones (excluding diaryl/α,β-unsaturated/α-hetero) is 1. The third-order valence-electron chi connectivity index (χ3n) is 2.14. The molecule has 0 aromatic heterocycles. The normalized spacial score (nSPS) is 10.9. The van der Waals surface area contributed by atoms with E-state index >= 15 is 0 Å².